The Hall–Kier alpha value is -3.63. The number of hydrogen-bond acceptors (Lipinski definition) is 6. The number of nitrogens with zero attached hydrogens (tertiary/aromatic N) is 2. The average Bonchev–Trinajstić information content (AvgIpc) is 2.79. The molecule has 4 aromatic rings. The molecule has 0 saturated carbocycles. The molecule has 0 aliphatic rings. The van der Waals surface area contributed by atoms with E-state index >= 15 is 0 Å². The monoisotopic (exact) mass is 484 g/mol. The van der Waals surface area contributed by atoms with Crippen molar-refractivity contribution in [1.82, 2.24) is 9.78 Å². The van der Waals surface area contributed by atoms with Gasteiger partial charge in [0.15, 0.2) is 9.84 Å². The summed E-state index contributed by atoms with van der Waals surface area (Å²) in [6.45, 7) is 0. The molecule has 0 unspecified atom stereocenters. The van der Waals surface area contributed by atoms with Crippen LogP contribution in [0.25, 0.3) is 16.8 Å². The van der Waals surface area contributed by atoms with Crippen LogP contribution in [0.1, 0.15) is 0 Å². The molecule has 0 spiro atoms. The smallest absolute Gasteiger partial charge is 0.266 e. The lowest BCUT2D eigenvalue weighted by Gasteiger charge is -2.13. The van der Waals surface area contributed by atoms with E-state index in [1.54, 1.807) is 6.07 Å². The molecule has 0 amide bonds. The van der Waals surface area contributed by atoms with Crippen LogP contribution in [-0.4, -0.2) is 32.9 Å². The minimum absolute atomic E-state index is 0.0160. The summed E-state index contributed by atoms with van der Waals surface area (Å²) in [7, 11) is -7.76. The Morgan fingerprint density at radius 2 is 1.39 bits per heavy atom. The number of benzene rings is 3. The normalized spacial score (nSPS) is 11.9. The lowest BCUT2D eigenvalue weighted by atomic mass is 10.1. The van der Waals surface area contributed by atoms with Crippen LogP contribution >= 0.6 is 0 Å². The number of sulfone groups is 2. The Kier molecular flexibility index (Phi) is 5.73. The second kappa shape index (κ2) is 8.38. The Morgan fingerprint density at radius 3 is 1.97 bits per heavy atom. The highest BCUT2D eigenvalue weighted by Crippen LogP contribution is 2.29. The maximum absolute atomic E-state index is 13.5. The summed E-state index contributed by atoms with van der Waals surface area (Å²) in [5.74, 6) is -0.522. The van der Waals surface area contributed by atoms with Crippen LogP contribution in [0.5, 0.6) is 0 Å². The molecule has 1 aromatic heterocycles. The molecular weight excluding hydrogens is 467 g/mol. The van der Waals surface area contributed by atoms with Crippen molar-refractivity contribution in [3.63, 3.8) is 0 Å². The van der Waals surface area contributed by atoms with E-state index in [9.17, 15) is 26.0 Å². The summed E-state index contributed by atoms with van der Waals surface area (Å²) in [5, 5.41) is 4.09. The van der Waals surface area contributed by atoms with Gasteiger partial charge in [-0.25, -0.2) is 21.2 Å². The number of rotatable bonds is 5. The maximum Gasteiger partial charge on any atom is 0.291 e. The molecular formula is C23H17FN2O5S2. The van der Waals surface area contributed by atoms with Gasteiger partial charge in [-0.15, -0.1) is 0 Å². The van der Waals surface area contributed by atoms with Crippen LogP contribution in [-0.2, 0) is 19.7 Å². The van der Waals surface area contributed by atoms with Crippen LogP contribution in [0.2, 0.25) is 0 Å². The second-order valence-corrected chi connectivity index (χ2v) is 11.1. The summed E-state index contributed by atoms with van der Waals surface area (Å²) in [6, 6.07) is 17.8. The fourth-order valence-corrected chi connectivity index (χ4v) is 5.43. The third kappa shape index (κ3) is 4.35. The van der Waals surface area contributed by atoms with Gasteiger partial charge in [0.1, 0.15) is 10.7 Å². The van der Waals surface area contributed by atoms with Crippen molar-refractivity contribution in [1.29, 1.82) is 0 Å². The molecule has 4 rings (SSSR count). The van der Waals surface area contributed by atoms with Gasteiger partial charge in [0.05, 0.1) is 21.7 Å². The average molecular weight is 485 g/mol. The Morgan fingerprint density at radius 1 is 0.788 bits per heavy atom. The largest absolute Gasteiger partial charge is 0.291 e. The van der Waals surface area contributed by atoms with Gasteiger partial charge < -0.3 is 0 Å². The molecule has 33 heavy (non-hydrogen) atoms. The molecule has 0 aliphatic carbocycles. The summed E-state index contributed by atoms with van der Waals surface area (Å²) in [5.41, 5.74) is -0.421. The molecule has 7 nitrogen and oxygen atoms in total. The molecule has 0 saturated heterocycles. The molecule has 0 aliphatic heterocycles. The predicted octanol–water partition coefficient (Wildman–Crippen LogP) is 3.27. The van der Waals surface area contributed by atoms with Crippen molar-refractivity contribution < 1.29 is 21.2 Å². The van der Waals surface area contributed by atoms with Crippen molar-refractivity contribution in [3.05, 3.63) is 101 Å². The van der Waals surface area contributed by atoms with Gasteiger partial charge in [-0.3, -0.25) is 4.79 Å². The highest BCUT2D eigenvalue weighted by atomic mass is 32.2. The van der Waals surface area contributed by atoms with Crippen molar-refractivity contribution in [2.75, 3.05) is 6.26 Å². The predicted molar refractivity (Wildman–Crippen MR) is 120 cm³/mol. The number of hydrogen-bond donors (Lipinski definition) is 0. The van der Waals surface area contributed by atoms with Crippen molar-refractivity contribution >= 4 is 19.7 Å². The highest BCUT2D eigenvalue weighted by Gasteiger charge is 2.28. The molecule has 0 radical (unpaired) electrons. The molecule has 10 heteroatoms. The lowest BCUT2D eigenvalue weighted by molar-refractivity contribution is 0.592. The van der Waals surface area contributed by atoms with E-state index in [0.29, 0.717) is 5.56 Å². The zero-order valence-electron chi connectivity index (χ0n) is 17.2. The Bertz CT molecular complexity index is 1600. The quantitative estimate of drug-likeness (QED) is 0.431. The van der Waals surface area contributed by atoms with E-state index in [2.05, 4.69) is 5.10 Å². The molecule has 168 valence electrons. The van der Waals surface area contributed by atoms with Gasteiger partial charge in [-0.05, 0) is 54.1 Å². The Labute approximate surface area is 189 Å². The summed E-state index contributed by atoms with van der Waals surface area (Å²) in [6.07, 6.45) is 2.27. The zero-order valence-corrected chi connectivity index (χ0v) is 18.8. The zero-order chi connectivity index (χ0) is 23.8. The van der Waals surface area contributed by atoms with Crippen LogP contribution in [0.15, 0.2) is 105 Å². The first-order chi connectivity index (χ1) is 15.6. The first-order valence-corrected chi connectivity index (χ1v) is 13.0. The van der Waals surface area contributed by atoms with Gasteiger partial charge >= 0.3 is 0 Å². The highest BCUT2D eigenvalue weighted by molar-refractivity contribution is 7.91. The Balaban J connectivity index is 2.00. The van der Waals surface area contributed by atoms with E-state index in [1.165, 1.54) is 66.9 Å². The molecule has 3 aromatic carbocycles. The van der Waals surface area contributed by atoms with Gasteiger partial charge in [0.25, 0.3) is 5.56 Å². The standard InChI is InChI=1S/C23H17FN2O5S2/c1-32(28,29)19-13-7-16(8-14-19)21-15-25-26(18-11-9-17(24)10-12-18)23(27)22(21)33(30,31)20-5-3-2-4-6-20/h2-15H,1H3. The van der Waals surface area contributed by atoms with Crippen LogP contribution in [0, 0.1) is 5.82 Å². The van der Waals surface area contributed by atoms with Crippen LogP contribution in [0.3, 0.4) is 0 Å². The first-order valence-electron chi connectivity index (χ1n) is 9.58. The molecule has 0 atom stereocenters. The van der Waals surface area contributed by atoms with Crippen molar-refractivity contribution in [2.45, 2.75) is 14.7 Å². The number of aromatic nitrogens is 2. The van der Waals surface area contributed by atoms with Crippen LogP contribution in [0.4, 0.5) is 4.39 Å². The van der Waals surface area contributed by atoms with E-state index in [4.69, 9.17) is 0 Å². The third-order valence-electron chi connectivity index (χ3n) is 4.92. The minimum atomic E-state index is -4.29. The molecule has 0 fully saturated rings. The van der Waals surface area contributed by atoms with Gasteiger partial charge in [-0.1, -0.05) is 30.3 Å². The maximum atomic E-state index is 13.5. The van der Waals surface area contributed by atoms with E-state index in [1.807, 2.05) is 0 Å². The van der Waals surface area contributed by atoms with Gasteiger partial charge in [0, 0.05) is 11.8 Å². The number of halogens is 1. The summed E-state index contributed by atoms with van der Waals surface area (Å²) in [4.78, 5) is 12.9. The first kappa shape index (κ1) is 22.6. The topological polar surface area (TPSA) is 103 Å². The molecule has 1 heterocycles. The van der Waals surface area contributed by atoms with Crippen LogP contribution < -0.4 is 5.56 Å². The summed E-state index contributed by atoms with van der Waals surface area (Å²) >= 11 is 0. The summed E-state index contributed by atoms with van der Waals surface area (Å²) < 4.78 is 64.8. The fourth-order valence-electron chi connectivity index (χ4n) is 3.27. The molecule has 0 bridgehead atoms. The third-order valence-corrected chi connectivity index (χ3v) is 7.87. The van der Waals surface area contributed by atoms with E-state index in [0.717, 1.165) is 23.1 Å². The van der Waals surface area contributed by atoms with Gasteiger partial charge in [0.2, 0.25) is 9.84 Å². The van der Waals surface area contributed by atoms with Crippen molar-refractivity contribution in [2.24, 2.45) is 0 Å². The second-order valence-electron chi connectivity index (χ2n) is 7.19. The van der Waals surface area contributed by atoms with Crippen molar-refractivity contribution in [3.8, 4) is 16.8 Å². The van der Waals surface area contributed by atoms with E-state index in [-0.39, 0.29) is 21.0 Å². The lowest BCUT2D eigenvalue weighted by Crippen LogP contribution is -2.28. The van der Waals surface area contributed by atoms with E-state index < -0.39 is 35.9 Å². The molecule has 0 N–H and O–H groups in total. The SMILES string of the molecule is CS(=O)(=O)c1ccc(-c2cnn(-c3ccc(F)cc3)c(=O)c2S(=O)(=O)c2ccccc2)cc1. The minimum Gasteiger partial charge on any atom is -0.266 e. The van der Waals surface area contributed by atoms with Gasteiger partial charge in [-0.2, -0.15) is 9.78 Å². The fraction of sp³-hybridized carbons (Fsp3) is 0.0435.